The number of nitrogens with one attached hydrogen (secondary N) is 1. The highest BCUT2D eigenvalue weighted by Gasteiger charge is 2.17. The predicted octanol–water partition coefficient (Wildman–Crippen LogP) is 3.08. The van der Waals surface area contributed by atoms with E-state index in [4.69, 9.17) is 4.98 Å². The third kappa shape index (κ3) is 3.06. The van der Waals surface area contributed by atoms with Crippen LogP contribution in [-0.4, -0.2) is 40.0 Å². The molecule has 1 aliphatic rings. The number of fused-ring (bicyclic) bond motifs is 2. The first kappa shape index (κ1) is 17.3. The van der Waals surface area contributed by atoms with E-state index in [1.54, 1.807) is 21.8 Å². The number of pyridine rings is 1. The van der Waals surface area contributed by atoms with Crippen LogP contribution in [0.25, 0.3) is 27.1 Å². The zero-order chi connectivity index (χ0) is 19.3. The van der Waals surface area contributed by atoms with Gasteiger partial charge in [-0.1, -0.05) is 6.07 Å². The highest BCUT2D eigenvalue weighted by atomic mass is 32.1. The lowest BCUT2D eigenvalue weighted by molar-refractivity contribution is 0.484. The van der Waals surface area contributed by atoms with E-state index in [-0.39, 0.29) is 5.56 Å². The predicted molar refractivity (Wildman–Crippen MR) is 114 cm³/mol. The molecule has 0 unspecified atom stereocenters. The number of thiazole rings is 1. The lowest BCUT2D eigenvalue weighted by Gasteiger charge is -2.33. The van der Waals surface area contributed by atoms with Crippen molar-refractivity contribution < 1.29 is 0 Å². The molecular weight excluding hydrogens is 370 g/mol. The molecule has 1 aliphatic heterocycles. The number of piperazine rings is 1. The van der Waals surface area contributed by atoms with E-state index in [9.17, 15) is 4.79 Å². The zero-order valence-electron chi connectivity index (χ0n) is 15.8. The molecule has 1 atom stereocenters. The fraction of sp³-hybridized carbons (Fsp3) is 0.286. The number of anilines is 1. The summed E-state index contributed by atoms with van der Waals surface area (Å²) in [6.45, 7) is 6.99. The van der Waals surface area contributed by atoms with Crippen LogP contribution in [0.2, 0.25) is 0 Å². The van der Waals surface area contributed by atoms with Crippen molar-refractivity contribution in [3.05, 3.63) is 58.0 Å². The molecule has 142 valence electrons. The molecule has 1 saturated heterocycles. The van der Waals surface area contributed by atoms with Crippen molar-refractivity contribution in [2.24, 2.45) is 0 Å². The number of benzene rings is 1. The van der Waals surface area contributed by atoms with Crippen LogP contribution >= 0.6 is 11.3 Å². The van der Waals surface area contributed by atoms with Gasteiger partial charge in [-0.05, 0) is 38.1 Å². The summed E-state index contributed by atoms with van der Waals surface area (Å²) in [6.07, 6.45) is 1.90. The van der Waals surface area contributed by atoms with E-state index in [2.05, 4.69) is 28.2 Å². The Bertz CT molecular complexity index is 1240. The van der Waals surface area contributed by atoms with Gasteiger partial charge in [0.15, 0.2) is 0 Å². The van der Waals surface area contributed by atoms with Crippen LogP contribution in [0.5, 0.6) is 0 Å². The number of aromatic nitrogens is 3. The Morgan fingerprint density at radius 3 is 2.93 bits per heavy atom. The van der Waals surface area contributed by atoms with Crippen molar-refractivity contribution in [1.82, 2.24) is 19.7 Å². The van der Waals surface area contributed by atoms with Gasteiger partial charge in [-0.2, -0.15) is 0 Å². The summed E-state index contributed by atoms with van der Waals surface area (Å²) in [4.78, 5) is 24.4. The van der Waals surface area contributed by atoms with Gasteiger partial charge in [0.25, 0.3) is 5.56 Å². The fourth-order valence-electron chi connectivity index (χ4n) is 3.80. The number of hydrogen-bond acceptors (Lipinski definition) is 6. The van der Waals surface area contributed by atoms with Gasteiger partial charge in [0.1, 0.15) is 5.65 Å². The van der Waals surface area contributed by atoms with Gasteiger partial charge in [0.2, 0.25) is 0 Å². The van der Waals surface area contributed by atoms with Gasteiger partial charge in [-0.15, -0.1) is 11.3 Å². The summed E-state index contributed by atoms with van der Waals surface area (Å²) in [5, 5.41) is 4.48. The van der Waals surface area contributed by atoms with Gasteiger partial charge >= 0.3 is 0 Å². The molecule has 28 heavy (non-hydrogen) atoms. The Balaban J connectivity index is 1.56. The number of aryl methyl sites for hydroxylation is 1. The van der Waals surface area contributed by atoms with E-state index in [0.717, 1.165) is 46.1 Å². The van der Waals surface area contributed by atoms with E-state index in [1.807, 2.05) is 37.4 Å². The smallest absolute Gasteiger partial charge is 0.258 e. The molecule has 3 aromatic heterocycles. The van der Waals surface area contributed by atoms with Crippen LogP contribution in [0, 0.1) is 6.92 Å². The summed E-state index contributed by atoms with van der Waals surface area (Å²) >= 11 is 1.67. The molecule has 0 radical (unpaired) electrons. The Morgan fingerprint density at radius 1 is 1.18 bits per heavy atom. The van der Waals surface area contributed by atoms with Gasteiger partial charge < -0.3 is 10.2 Å². The van der Waals surface area contributed by atoms with Crippen LogP contribution in [0.4, 0.5) is 5.69 Å². The van der Waals surface area contributed by atoms with Crippen LogP contribution in [0.3, 0.4) is 0 Å². The average molecular weight is 392 g/mol. The topological polar surface area (TPSA) is 62.5 Å². The minimum atomic E-state index is -0.0698. The standard InChI is InChI=1S/C21H21N5OS/c1-13-11-25(8-7-22-13)16-4-6-20-24-17(10-21(27)26(20)12-16)15-3-5-19-18(9-15)23-14(2)28-19/h3-6,9-10,12-13,22H,7-8,11H2,1-2H3/t13-/m0/s1. The quantitative estimate of drug-likeness (QED) is 0.569. The first-order valence-electron chi connectivity index (χ1n) is 9.46. The van der Waals surface area contributed by atoms with E-state index in [0.29, 0.717) is 17.4 Å². The lowest BCUT2D eigenvalue weighted by atomic mass is 10.1. The fourth-order valence-corrected chi connectivity index (χ4v) is 4.60. The molecule has 4 aromatic rings. The first-order valence-corrected chi connectivity index (χ1v) is 10.3. The van der Waals surface area contributed by atoms with E-state index < -0.39 is 0 Å². The highest BCUT2D eigenvalue weighted by Crippen LogP contribution is 2.27. The summed E-state index contributed by atoms with van der Waals surface area (Å²) in [6, 6.07) is 12.1. The highest BCUT2D eigenvalue weighted by molar-refractivity contribution is 7.18. The molecule has 1 fully saturated rings. The van der Waals surface area contributed by atoms with Gasteiger partial charge in [0, 0.05) is 43.5 Å². The molecule has 1 N–H and O–H groups in total. The third-order valence-electron chi connectivity index (χ3n) is 5.17. The first-order chi connectivity index (χ1) is 13.6. The minimum Gasteiger partial charge on any atom is -0.368 e. The summed E-state index contributed by atoms with van der Waals surface area (Å²) in [5.74, 6) is 0. The zero-order valence-corrected chi connectivity index (χ0v) is 16.7. The Hall–Kier alpha value is -2.77. The van der Waals surface area contributed by atoms with Crippen molar-refractivity contribution in [2.45, 2.75) is 19.9 Å². The third-order valence-corrected chi connectivity index (χ3v) is 6.12. The molecule has 0 saturated carbocycles. The van der Waals surface area contributed by atoms with E-state index in [1.165, 1.54) is 0 Å². The molecular formula is C21H21N5OS. The summed E-state index contributed by atoms with van der Waals surface area (Å²) in [5.41, 5.74) is 4.18. The Labute approximate surface area is 166 Å². The second-order valence-electron chi connectivity index (χ2n) is 7.31. The largest absolute Gasteiger partial charge is 0.368 e. The van der Waals surface area contributed by atoms with Crippen molar-refractivity contribution in [2.75, 3.05) is 24.5 Å². The van der Waals surface area contributed by atoms with Crippen molar-refractivity contribution in [1.29, 1.82) is 0 Å². The molecule has 0 aliphatic carbocycles. The summed E-state index contributed by atoms with van der Waals surface area (Å²) in [7, 11) is 0. The molecule has 0 amide bonds. The molecule has 0 bridgehead atoms. The second-order valence-corrected chi connectivity index (χ2v) is 8.55. The average Bonchev–Trinajstić information content (AvgIpc) is 3.07. The number of hydrogen-bond donors (Lipinski definition) is 1. The molecule has 0 spiro atoms. The SMILES string of the molecule is Cc1nc2cc(-c3cc(=O)n4cc(N5CCN[C@@H](C)C5)ccc4n3)ccc2s1. The number of nitrogens with zero attached hydrogens (tertiary/aromatic N) is 4. The molecule has 7 heteroatoms. The molecule has 6 nitrogen and oxygen atoms in total. The molecule has 1 aromatic carbocycles. The van der Waals surface area contributed by atoms with Gasteiger partial charge in [-0.3, -0.25) is 9.20 Å². The monoisotopic (exact) mass is 391 g/mol. The van der Waals surface area contributed by atoms with E-state index >= 15 is 0 Å². The Kier molecular flexibility index (Phi) is 4.14. The van der Waals surface area contributed by atoms with Gasteiger partial charge in [-0.25, -0.2) is 9.97 Å². The molecule has 4 heterocycles. The van der Waals surface area contributed by atoms with Crippen LogP contribution in [0.1, 0.15) is 11.9 Å². The van der Waals surface area contributed by atoms with Crippen molar-refractivity contribution in [3.63, 3.8) is 0 Å². The van der Waals surface area contributed by atoms with Crippen LogP contribution < -0.4 is 15.8 Å². The van der Waals surface area contributed by atoms with Crippen molar-refractivity contribution in [3.8, 4) is 11.3 Å². The minimum absolute atomic E-state index is 0.0698. The summed E-state index contributed by atoms with van der Waals surface area (Å²) < 4.78 is 2.78. The van der Waals surface area contributed by atoms with Crippen molar-refractivity contribution >= 4 is 32.9 Å². The van der Waals surface area contributed by atoms with Crippen LogP contribution in [-0.2, 0) is 0 Å². The Morgan fingerprint density at radius 2 is 2.07 bits per heavy atom. The maximum Gasteiger partial charge on any atom is 0.258 e. The van der Waals surface area contributed by atoms with Gasteiger partial charge in [0.05, 0.1) is 26.6 Å². The second kappa shape index (κ2) is 6.68. The maximum atomic E-state index is 12.8. The number of rotatable bonds is 2. The lowest BCUT2D eigenvalue weighted by Crippen LogP contribution is -2.49. The molecule has 5 rings (SSSR count). The maximum absolute atomic E-state index is 12.8. The van der Waals surface area contributed by atoms with Crippen LogP contribution in [0.15, 0.2) is 47.4 Å². The normalized spacial score (nSPS) is 17.5.